The van der Waals surface area contributed by atoms with E-state index in [2.05, 4.69) is 23.9 Å². The monoisotopic (exact) mass is 482 g/mol. The van der Waals surface area contributed by atoms with E-state index in [4.69, 9.17) is 19.2 Å². The third-order valence-electron chi connectivity index (χ3n) is 6.67. The van der Waals surface area contributed by atoms with Crippen LogP contribution in [0.5, 0.6) is 17.4 Å². The van der Waals surface area contributed by atoms with E-state index >= 15 is 0 Å². The van der Waals surface area contributed by atoms with Crippen LogP contribution in [0, 0.1) is 5.41 Å². The molecule has 0 fully saturated rings. The summed E-state index contributed by atoms with van der Waals surface area (Å²) < 4.78 is 19.0. The Kier molecular flexibility index (Phi) is 5.25. The van der Waals surface area contributed by atoms with E-state index in [1.165, 1.54) is 0 Å². The molecule has 36 heavy (non-hydrogen) atoms. The number of carbonyl (C=O) groups is 1. The molecule has 3 heterocycles. The van der Waals surface area contributed by atoms with Crippen LogP contribution in [0.1, 0.15) is 49.6 Å². The maximum absolute atomic E-state index is 13.5. The predicted octanol–water partition coefficient (Wildman–Crippen LogP) is 4.88. The third-order valence-corrected chi connectivity index (χ3v) is 6.67. The van der Waals surface area contributed by atoms with Gasteiger partial charge in [0.1, 0.15) is 30.2 Å². The minimum absolute atomic E-state index is 0.102. The van der Waals surface area contributed by atoms with Gasteiger partial charge in [0.15, 0.2) is 17.3 Å². The Morgan fingerprint density at radius 1 is 1.06 bits per heavy atom. The summed E-state index contributed by atoms with van der Waals surface area (Å²) in [6.07, 6.45) is 2.75. The van der Waals surface area contributed by atoms with Crippen LogP contribution in [0.2, 0.25) is 0 Å². The van der Waals surface area contributed by atoms with Gasteiger partial charge in [0.05, 0.1) is 12.7 Å². The van der Waals surface area contributed by atoms with Gasteiger partial charge in [0.2, 0.25) is 5.88 Å². The smallest absolute Gasteiger partial charge is 0.228 e. The summed E-state index contributed by atoms with van der Waals surface area (Å²) in [6, 6.07) is 17.3. The quantitative estimate of drug-likeness (QED) is 0.401. The number of methoxy groups -OCH3 is 1. The van der Waals surface area contributed by atoms with E-state index in [9.17, 15) is 4.79 Å². The molecule has 0 spiro atoms. The van der Waals surface area contributed by atoms with Crippen LogP contribution in [-0.2, 0) is 11.4 Å². The maximum Gasteiger partial charge on any atom is 0.228 e. The Bertz CT molecular complexity index is 1490. The Labute approximate surface area is 208 Å². The van der Waals surface area contributed by atoms with Crippen LogP contribution in [0.25, 0.3) is 5.65 Å². The first kappa shape index (κ1) is 22.3. The van der Waals surface area contributed by atoms with Crippen LogP contribution < -0.4 is 14.2 Å². The highest BCUT2D eigenvalue weighted by molar-refractivity contribution is 6.00. The van der Waals surface area contributed by atoms with Crippen LogP contribution in [0.3, 0.4) is 0 Å². The Balaban J connectivity index is 1.42. The van der Waals surface area contributed by atoms with Crippen molar-refractivity contribution >= 4 is 11.4 Å². The molecule has 6 rings (SSSR count). The lowest BCUT2D eigenvalue weighted by Gasteiger charge is -2.37. The summed E-state index contributed by atoms with van der Waals surface area (Å²) in [5, 5.41) is 4.58. The standard InChI is InChI=1S/C28H26N4O4/c1-28(2)13-20(33)24-21(14-28)36-27-25(23(24)17-7-5-4-6-8-17)26-30-22(31-32(26)16-29-27)15-35-19-11-9-18(34-3)10-12-19/h4-12,16,23H,13-15H2,1-3H3/t23-/m1/s1. The van der Waals surface area contributed by atoms with Crippen molar-refractivity contribution in [1.82, 2.24) is 19.6 Å². The van der Waals surface area contributed by atoms with Gasteiger partial charge in [-0.2, -0.15) is 0 Å². The van der Waals surface area contributed by atoms with Crippen molar-refractivity contribution in [2.24, 2.45) is 5.41 Å². The van der Waals surface area contributed by atoms with Crippen molar-refractivity contribution in [3.8, 4) is 17.4 Å². The highest BCUT2D eigenvalue weighted by Crippen LogP contribution is 2.50. The molecule has 0 unspecified atom stereocenters. The molecule has 4 aromatic rings. The first-order chi connectivity index (χ1) is 17.4. The minimum atomic E-state index is -0.329. The molecular weight excluding hydrogens is 456 g/mol. The molecule has 0 saturated carbocycles. The van der Waals surface area contributed by atoms with E-state index < -0.39 is 0 Å². The normalized spacial score (nSPS) is 18.4. The fraction of sp³-hybridized carbons (Fsp3) is 0.286. The summed E-state index contributed by atoms with van der Waals surface area (Å²) in [5.41, 5.74) is 2.88. The number of hydrogen-bond donors (Lipinski definition) is 0. The number of carbonyl (C=O) groups excluding carboxylic acids is 1. The Morgan fingerprint density at radius 3 is 2.56 bits per heavy atom. The van der Waals surface area contributed by atoms with Gasteiger partial charge in [-0.1, -0.05) is 44.2 Å². The second-order valence-electron chi connectivity index (χ2n) is 9.95. The minimum Gasteiger partial charge on any atom is -0.497 e. The zero-order chi connectivity index (χ0) is 24.9. The summed E-state index contributed by atoms with van der Waals surface area (Å²) in [5.74, 6) is 2.89. The first-order valence-electron chi connectivity index (χ1n) is 11.9. The highest BCUT2D eigenvalue weighted by atomic mass is 16.5. The van der Waals surface area contributed by atoms with Crippen molar-refractivity contribution in [3.05, 3.63) is 89.2 Å². The molecule has 2 aliphatic rings. The second-order valence-corrected chi connectivity index (χ2v) is 9.95. The molecule has 2 aromatic heterocycles. The summed E-state index contributed by atoms with van der Waals surface area (Å²) >= 11 is 0. The van der Waals surface area contributed by atoms with Crippen LogP contribution in [0.15, 0.2) is 72.3 Å². The SMILES string of the molecule is COc1ccc(OCc2nc3c4c(ncn3n2)OC2=C(C(=O)CC(C)(C)C2)[C@H]4c2ccccc2)cc1. The Morgan fingerprint density at radius 2 is 1.81 bits per heavy atom. The molecule has 1 aliphatic carbocycles. The van der Waals surface area contributed by atoms with E-state index in [0.29, 0.717) is 47.3 Å². The number of benzene rings is 2. The lowest BCUT2D eigenvalue weighted by molar-refractivity contribution is -0.118. The molecule has 0 amide bonds. The number of allylic oxidation sites excluding steroid dienone is 2. The number of ketones is 1. The summed E-state index contributed by atoms with van der Waals surface area (Å²) in [7, 11) is 1.62. The second kappa shape index (κ2) is 8.48. The zero-order valence-electron chi connectivity index (χ0n) is 20.4. The molecule has 182 valence electrons. The van der Waals surface area contributed by atoms with Crippen molar-refractivity contribution in [1.29, 1.82) is 0 Å². The van der Waals surface area contributed by atoms with Gasteiger partial charge < -0.3 is 14.2 Å². The van der Waals surface area contributed by atoms with Gasteiger partial charge in [-0.3, -0.25) is 4.79 Å². The van der Waals surface area contributed by atoms with Crippen molar-refractivity contribution in [2.45, 2.75) is 39.2 Å². The molecule has 8 nitrogen and oxygen atoms in total. The van der Waals surface area contributed by atoms with Gasteiger partial charge in [0.25, 0.3) is 0 Å². The maximum atomic E-state index is 13.5. The van der Waals surface area contributed by atoms with Crippen molar-refractivity contribution in [2.75, 3.05) is 7.11 Å². The fourth-order valence-electron chi connectivity index (χ4n) is 5.05. The van der Waals surface area contributed by atoms with Crippen LogP contribution >= 0.6 is 0 Å². The molecule has 1 atom stereocenters. The van der Waals surface area contributed by atoms with Gasteiger partial charge in [-0.15, -0.1) is 5.10 Å². The van der Waals surface area contributed by atoms with Crippen molar-refractivity contribution in [3.63, 3.8) is 0 Å². The van der Waals surface area contributed by atoms with E-state index in [1.807, 2.05) is 54.6 Å². The molecule has 0 saturated heterocycles. The molecule has 0 radical (unpaired) electrons. The molecule has 1 aliphatic heterocycles. The van der Waals surface area contributed by atoms with Gasteiger partial charge in [-0.05, 0) is 35.2 Å². The van der Waals surface area contributed by atoms with Gasteiger partial charge in [0, 0.05) is 24.3 Å². The molecule has 0 bridgehead atoms. The molecular formula is C28H26N4O4. The number of ether oxygens (including phenoxy) is 3. The zero-order valence-corrected chi connectivity index (χ0v) is 20.4. The highest BCUT2D eigenvalue weighted by Gasteiger charge is 2.43. The topological polar surface area (TPSA) is 87.8 Å². The number of nitrogens with zero attached hydrogens (tertiary/aromatic N) is 4. The number of aromatic nitrogens is 4. The number of rotatable bonds is 5. The fourth-order valence-corrected chi connectivity index (χ4v) is 5.05. The number of Topliss-reactive ketones (excluding diaryl/α,β-unsaturated/α-hetero) is 1. The summed E-state index contributed by atoms with van der Waals surface area (Å²) in [6.45, 7) is 4.37. The van der Waals surface area contributed by atoms with E-state index in [-0.39, 0.29) is 23.7 Å². The van der Waals surface area contributed by atoms with E-state index in [1.54, 1.807) is 18.0 Å². The molecule has 0 N–H and O–H groups in total. The van der Waals surface area contributed by atoms with Crippen LogP contribution in [0.4, 0.5) is 0 Å². The van der Waals surface area contributed by atoms with E-state index in [0.717, 1.165) is 16.9 Å². The molecule has 2 aromatic carbocycles. The number of fused-ring (bicyclic) bond motifs is 3. The average Bonchev–Trinajstić information content (AvgIpc) is 3.30. The third kappa shape index (κ3) is 3.88. The Hall–Kier alpha value is -4.20. The lowest BCUT2D eigenvalue weighted by atomic mass is 9.70. The summed E-state index contributed by atoms with van der Waals surface area (Å²) in [4.78, 5) is 22.8. The number of hydrogen-bond acceptors (Lipinski definition) is 7. The predicted molar refractivity (Wildman–Crippen MR) is 132 cm³/mol. The largest absolute Gasteiger partial charge is 0.497 e. The van der Waals surface area contributed by atoms with Gasteiger partial charge >= 0.3 is 0 Å². The molecule has 8 heteroatoms. The van der Waals surface area contributed by atoms with Crippen LogP contribution in [-0.4, -0.2) is 32.5 Å². The average molecular weight is 483 g/mol. The lowest BCUT2D eigenvalue weighted by Crippen LogP contribution is -2.33. The first-order valence-corrected chi connectivity index (χ1v) is 11.9. The van der Waals surface area contributed by atoms with Gasteiger partial charge in [-0.25, -0.2) is 14.5 Å². The van der Waals surface area contributed by atoms with Crippen molar-refractivity contribution < 1.29 is 19.0 Å².